The normalized spacial score (nSPS) is 11.9. The Kier molecular flexibility index (Phi) is 4.55. The van der Waals surface area contributed by atoms with Crippen molar-refractivity contribution in [2.75, 3.05) is 11.9 Å². The Hall–Kier alpha value is -2.11. The van der Waals surface area contributed by atoms with Gasteiger partial charge in [-0.25, -0.2) is 9.78 Å². The van der Waals surface area contributed by atoms with Gasteiger partial charge in [0.2, 0.25) is 0 Å². The highest BCUT2D eigenvalue weighted by molar-refractivity contribution is 6.29. The van der Waals surface area contributed by atoms with E-state index in [0.29, 0.717) is 0 Å². The second-order valence-corrected chi connectivity index (χ2v) is 4.51. The van der Waals surface area contributed by atoms with E-state index in [9.17, 15) is 9.90 Å². The largest absolute Gasteiger partial charge is 0.478 e. The van der Waals surface area contributed by atoms with Crippen LogP contribution in [-0.2, 0) is 0 Å². The van der Waals surface area contributed by atoms with Crippen LogP contribution >= 0.6 is 11.6 Å². The zero-order valence-electron chi connectivity index (χ0n) is 10.5. The van der Waals surface area contributed by atoms with Crippen LogP contribution in [0, 0.1) is 0 Å². The van der Waals surface area contributed by atoms with Crippen molar-refractivity contribution in [3.05, 3.63) is 58.7 Å². The van der Waals surface area contributed by atoms with E-state index < -0.39 is 12.0 Å². The van der Waals surface area contributed by atoms with Crippen LogP contribution in [-0.4, -0.2) is 27.8 Å². The lowest BCUT2D eigenvalue weighted by Gasteiger charge is -2.18. The fourth-order valence-electron chi connectivity index (χ4n) is 1.80. The number of aliphatic hydroxyl groups is 1. The lowest BCUT2D eigenvalue weighted by Crippen LogP contribution is -2.18. The van der Waals surface area contributed by atoms with Crippen molar-refractivity contribution in [3.8, 4) is 0 Å². The smallest absolute Gasteiger partial charge is 0.339 e. The predicted octanol–water partition coefficient (Wildman–Crippen LogP) is 2.58. The molecule has 1 aromatic carbocycles. The first kappa shape index (κ1) is 14.3. The summed E-state index contributed by atoms with van der Waals surface area (Å²) in [5, 5.41) is 21.7. The Morgan fingerprint density at radius 2 is 1.95 bits per heavy atom. The molecule has 1 heterocycles. The molecule has 0 fully saturated rings. The van der Waals surface area contributed by atoms with Crippen LogP contribution in [0.5, 0.6) is 0 Å². The average Bonchev–Trinajstić information content (AvgIpc) is 2.45. The highest BCUT2D eigenvalue weighted by Crippen LogP contribution is 2.22. The number of aliphatic hydroxyl groups excluding tert-OH is 1. The number of rotatable bonds is 5. The summed E-state index contributed by atoms with van der Waals surface area (Å²) in [6.45, 7) is -0.197. The van der Waals surface area contributed by atoms with Crippen molar-refractivity contribution in [3.63, 3.8) is 0 Å². The van der Waals surface area contributed by atoms with Gasteiger partial charge in [0.1, 0.15) is 16.5 Å². The molecule has 104 valence electrons. The van der Waals surface area contributed by atoms with Crippen LogP contribution in [0.2, 0.25) is 5.15 Å². The summed E-state index contributed by atoms with van der Waals surface area (Å²) >= 11 is 5.79. The summed E-state index contributed by atoms with van der Waals surface area (Å²) in [5.41, 5.74) is 0.830. The van der Waals surface area contributed by atoms with Crippen molar-refractivity contribution < 1.29 is 15.0 Å². The second-order valence-electron chi connectivity index (χ2n) is 4.13. The summed E-state index contributed by atoms with van der Waals surface area (Å²) in [7, 11) is 0. The maximum absolute atomic E-state index is 11.2. The van der Waals surface area contributed by atoms with Crippen LogP contribution in [0.25, 0.3) is 0 Å². The molecule has 2 rings (SSSR count). The Morgan fingerprint density at radius 1 is 1.25 bits per heavy atom. The third-order valence-corrected chi connectivity index (χ3v) is 3.00. The van der Waals surface area contributed by atoms with Gasteiger partial charge in [-0.2, -0.15) is 0 Å². The number of aromatic nitrogens is 1. The number of hydrogen-bond donors (Lipinski definition) is 3. The lowest BCUT2D eigenvalue weighted by atomic mass is 10.1. The lowest BCUT2D eigenvalue weighted by molar-refractivity contribution is 0.0697. The van der Waals surface area contributed by atoms with E-state index in [4.69, 9.17) is 16.7 Å². The first-order chi connectivity index (χ1) is 9.61. The van der Waals surface area contributed by atoms with Crippen LogP contribution < -0.4 is 5.32 Å². The summed E-state index contributed by atoms with van der Waals surface area (Å²) in [4.78, 5) is 15.1. The second kappa shape index (κ2) is 6.36. The average molecular weight is 293 g/mol. The van der Waals surface area contributed by atoms with Gasteiger partial charge in [-0.3, -0.25) is 0 Å². The summed E-state index contributed by atoms with van der Waals surface area (Å²) in [5.74, 6) is -0.977. The molecule has 6 heteroatoms. The number of carbonyl (C=O) groups is 1. The Balaban J connectivity index is 2.32. The molecule has 2 aromatic rings. The standard InChI is InChI=1S/C14H13ClN2O3/c15-12-7-6-10(14(19)20)13(17-12)16-11(8-18)9-4-2-1-3-5-9/h1-7,11,18H,8H2,(H,16,17)(H,19,20). The quantitative estimate of drug-likeness (QED) is 0.738. The molecule has 0 radical (unpaired) electrons. The van der Waals surface area contributed by atoms with Gasteiger partial charge < -0.3 is 15.5 Å². The third kappa shape index (κ3) is 3.26. The van der Waals surface area contributed by atoms with Gasteiger partial charge in [-0.05, 0) is 17.7 Å². The van der Waals surface area contributed by atoms with Crippen molar-refractivity contribution in [2.45, 2.75) is 6.04 Å². The monoisotopic (exact) mass is 292 g/mol. The maximum Gasteiger partial charge on any atom is 0.339 e. The first-order valence-electron chi connectivity index (χ1n) is 5.94. The topological polar surface area (TPSA) is 82.5 Å². The summed E-state index contributed by atoms with van der Waals surface area (Å²) < 4.78 is 0. The van der Waals surface area contributed by atoms with E-state index in [2.05, 4.69) is 10.3 Å². The number of benzene rings is 1. The van der Waals surface area contributed by atoms with Crippen LogP contribution in [0.15, 0.2) is 42.5 Å². The fraction of sp³-hybridized carbons (Fsp3) is 0.143. The molecule has 1 atom stereocenters. The zero-order chi connectivity index (χ0) is 14.5. The Labute approximate surface area is 120 Å². The maximum atomic E-state index is 11.2. The van der Waals surface area contributed by atoms with E-state index in [0.717, 1.165) is 5.56 Å². The molecule has 0 aliphatic rings. The van der Waals surface area contributed by atoms with Crippen LogP contribution in [0.1, 0.15) is 22.0 Å². The number of pyridine rings is 1. The predicted molar refractivity (Wildman–Crippen MR) is 76.1 cm³/mol. The van der Waals surface area contributed by atoms with E-state index >= 15 is 0 Å². The van der Waals surface area contributed by atoms with Crippen LogP contribution in [0.3, 0.4) is 0 Å². The van der Waals surface area contributed by atoms with Crippen molar-refractivity contribution >= 4 is 23.4 Å². The minimum absolute atomic E-state index is 0.00350. The SMILES string of the molecule is O=C(O)c1ccc(Cl)nc1NC(CO)c1ccccc1. The molecule has 1 unspecified atom stereocenters. The molecule has 5 nitrogen and oxygen atoms in total. The number of carboxylic acids is 1. The molecule has 0 spiro atoms. The van der Waals surface area contributed by atoms with E-state index in [-0.39, 0.29) is 23.1 Å². The summed E-state index contributed by atoms with van der Waals surface area (Å²) in [6.07, 6.45) is 0. The fourth-order valence-corrected chi connectivity index (χ4v) is 1.95. The highest BCUT2D eigenvalue weighted by atomic mass is 35.5. The molecule has 20 heavy (non-hydrogen) atoms. The molecular weight excluding hydrogens is 280 g/mol. The zero-order valence-corrected chi connectivity index (χ0v) is 11.2. The molecule has 0 bridgehead atoms. The molecule has 0 saturated heterocycles. The molecule has 1 aromatic heterocycles. The molecule has 0 saturated carbocycles. The Bertz CT molecular complexity index is 605. The van der Waals surface area contributed by atoms with Gasteiger partial charge in [0, 0.05) is 0 Å². The number of aromatic carboxylic acids is 1. The minimum atomic E-state index is -1.11. The molecule has 0 aliphatic heterocycles. The minimum Gasteiger partial charge on any atom is -0.478 e. The van der Waals surface area contributed by atoms with Gasteiger partial charge in [0.25, 0.3) is 0 Å². The van der Waals surface area contributed by atoms with Gasteiger partial charge in [-0.15, -0.1) is 0 Å². The van der Waals surface area contributed by atoms with Crippen LogP contribution in [0.4, 0.5) is 5.82 Å². The van der Waals surface area contributed by atoms with Gasteiger partial charge in [-0.1, -0.05) is 41.9 Å². The van der Waals surface area contributed by atoms with Crippen molar-refractivity contribution in [1.82, 2.24) is 4.98 Å². The first-order valence-corrected chi connectivity index (χ1v) is 6.32. The molecule has 0 aliphatic carbocycles. The molecule has 0 amide bonds. The number of nitrogens with zero attached hydrogens (tertiary/aromatic N) is 1. The Morgan fingerprint density at radius 3 is 2.55 bits per heavy atom. The van der Waals surface area contributed by atoms with E-state index in [1.54, 1.807) is 0 Å². The number of halogens is 1. The highest BCUT2D eigenvalue weighted by Gasteiger charge is 2.17. The number of anilines is 1. The van der Waals surface area contributed by atoms with Gasteiger partial charge >= 0.3 is 5.97 Å². The molecule has 3 N–H and O–H groups in total. The van der Waals surface area contributed by atoms with E-state index in [1.165, 1.54) is 12.1 Å². The van der Waals surface area contributed by atoms with Crippen molar-refractivity contribution in [2.24, 2.45) is 0 Å². The summed E-state index contributed by atoms with van der Waals surface area (Å²) in [6, 6.07) is 11.5. The van der Waals surface area contributed by atoms with Gasteiger partial charge in [0.05, 0.1) is 12.6 Å². The third-order valence-electron chi connectivity index (χ3n) is 2.79. The van der Waals surface area contributed by atoms with Crippen molar-refractivity contribution in [1.29, 1.82) is 0 Å². The van der Waals surface area contributed by atoms with Gasteiger partial charge in [0.15, 0.2) is 0 Å². The number of hydrogen-bond acceptors (Lipinski definition) is 4. The molecular formula is C14H13ClN2O3. The van der Waals surface area contributed by atoms with E-state index in [1.807, 2.05) is 30.3 Å². The number of carboxylic acid groups (broad SMARTS) is 1. The number of nitrogens with one attached hydrogen (secondary N) is 1.